The fraction of sp³-hybridized carbons (Fsp3) is 0.357. The molecule has 0 radical (unpaired) electrons. The Kier molecular flexibility index (Phi) is 3.56. The van der Waals surface area contributed by atoms with Gasteiger partial charge < -0.3 is 5.11 Å². The van der Waals surface area contributed by atoms with E-state index in [4.69, 9.17) is 16.7 Å². The first-order chi connectivity index (χ1) is 9.21. The highest BCUT2D eigenvalue weighted by Gasteiger charge is 2.38. The van der Waals surface area contributed by atoms with Crippen LogP contribution in [-0.4, -0.2) is 22.9 Å². The summed E-state index contributed by atoms with van der Waals surface area (Å²) >= 11 is 6.00. The Morgan fingerprint density at radius 1 is 1.25 bits per heavy atom. The molecule has 1 aromatic carbocycles. The van der Waals surface area contributed by atoms with Crippen LogP contribution in [0.2, 0.25) is 5.02 Å². The molecule has 0 atom stereocenters. The number of anilines is 1. The molecule has 1 saturated heterocycles. The quantitative estimate of drug-likeness (QED) is 0.851. The van der Waals surface area contributed by atoms with Crippen LogP contribution < -0.4 is 4.90 Å². The molecule has 1 heterocycles. The Labute approximate surface area is 121 Å². The number of amides is 2. The van der Waals surface area contributed by atoms with E-state index in [1.165, 1.54) is 18.2 Å². The highest BCUT2D eigenvalue weighted by atomic mass is 35.5. The third-order valence-corrected chi connectivity index (χ3v) is 3.50. The molecule has 5 nitrogen and oxygen atoms in total. The number of halogens is 1. The third-order valence-electron chi connectivity index (χ3n) is 3.19. The molecule has 2 rings (SSSR count). The SMILES string of the molecule is CC1(C)CC(=O)N(c2ccc(C(=O)O)cc2Cl)C(=O)C1. The summed E-state index contributed by atoms with van der Waals surface area (Å²) in [5.74, 6) is -1.76. The van der Waals surface area contributed by atoms with Gasteiger partial charge in [-0.15, -0.1) is 0 Å². The number of piperidine rings is 1. The Morgan fingerprint density at radius 3 is 2.25 bits per heavy atom. The number of rotatable bonds is 2. The summed E-state index contributed by atoms with van der Waals surface area (Å²) in [6.07, 6.45) is 0.492. The van der Waals surface area contributed by atoms with E-state index < -0.39 is 5.97 Å². The van der Waals surface area contributed by atoms with E-state index >= 15 is 0 Å². The zero-order valence-corrected chi connectivity index (χ0v) is 11.9. The maximum Gasteiger partial charge on any atom is 0.335 e. The van der Waals surface area contributed by atoms with Crippen LogP contribution in [0.1, 0.15) is 37.0 Å². The smallest absolute Gasteiger partial charge is 0.335 e. The fourth-order valence-electron chi connectivity index (χ4n) is 2.27. The van der Waals surface area contributed by atoms with E-state index in [0.29, 0.717) is 0 Å². The largest absolute Gasteiger partial charge is 0.478 e. The van der Waals surface area contributed by atoms with Gasteiger partial charge in [-0.25, -0.2) is 9.69 Å². The molecule has 0 bridgehead atoms. The molecule has 1 N–H and O–H groups in total. The van der Waals surface area contributed by atoms with E-state index in [-0.39, 0.29) is 46.3 Å². The molecule has 0 unspecified atom stereocenters. The van der Waals surface area contributed by atoms with Gasteiger partial charge in [0.25, 0.3) is 0 Å². The Bertz CT molecular complexity index is 589. The van der Waals surface area contributed by atoms with Crippen LogP contribution >= 0.6 is 11.6 Å². The van der Waals surface area contributed by atoms with E-state index in [1.807, 2.05) is 13.8 Å². The minimum absolute atomic E-state index is 0.0102. The van der Waals surface area contributed by atoms with Gasteiger partial charge in [0, 0.05) is 12.8 Å². The average molecular weight is 296 g/mol. The maximum absolute atomic E-state index is 12.1. The topological polar surface area (TPSA) is 74.7 Å². The number of aromatic carboxylic acids is 1. The normalized spacial score (nSPS) is 18.2. The van der Waals surface area contributed by atoms with Crippen molar-refractivity contribution in [3.05, 3.63) is 28.8 Å². The van der Waals surface area contributed by atoms with Crippen LogP contribution in [0.4, 0.5) is 5.69 Å². The minimum Gasteiger partial charge on any atom is -0.478 e. The van der Waals surface area contributed by atoms with Gasteiger partial charge >= 0.3 is 5.97 Å². The number of nitrogens with zero attached hydrogens (tertiary/aromatic N) is 1. The fourth-order valence-corrected chi connectivity index (χ4v) is 2.53. The summed E-state index contributed by atoms with van der Waals surface area (Å²) in [5.41, 5.74) is -0.115. The first kappa shape index (κ1) is 14.5. The summed E-state index contributed by atoms with van der Waals surface area (Å²) < 4.78 is 0. The molecule has 1 aromatic rings. The number of carboxylic acid groups (broad SMARTS) is 1. The monoisotopic (exact) mass is 295 g/mol. The summed E-state index contributed by atoms with van der Waals surface area (Å²) in [5, 5.41) is 8.95. The second-order valence-electron chi connectivity index (χ2n) is 5.61. The van der Waals surface area contributed by atoms with Crippen LogP contribution in [0, 0.1) is 5.41 Å². The molecular weight excluding hydrogens is 282 g/mol. The van der Waals surface area contributed by atoms with E-state index in [1.54, 1.807) is 0 Å². The first-order valence-corrected chi connectivity index (χ1v) is 6.48. The van der Waals surface area contributed by atoms with Crippen molar-refractivity contribution in [3.63, 3.8) is 0 Å². The first-order valence-electron chi connectivity index (χ1n) is 6.10. The number of carboxylic acids is 1. The van der Waals surface area contributed by atoms with Crippen molar-refractivity contribution >= 4 is 35.1 Å². The Hall–Kier alpha value is -1.88. The molecule has 6 heteroatoms. The highest BCUT2D eigenvalue weighted by Crippen LogP contribution is 2.36. The molecule has 106 valence electrons. The summed E-state index contributed by atoms with van der Waals surface area (Å²) in [6.45, 7) is 3.71. The lowest BCUT2D eigenvalue weighted by molar-refractivity contribution is -0.132. The standard InChI is InChI=1S/C14H14ClNO4/c1-14(2)6-11(17)16(12(18)7-14)10-4-3-8(13(19)20)5-9(10)15/h3-5H,6-7H2,1-2H3,(H,19,20). The van der Waals surface area contributed by atoms with Crippen molar-refractivity contribution < 1.29 is 19.5 Å². The molecule has 20 heavy (non-hydrogen) atoms. The number of carbonyl (C=O) groups is 3. The van der Waals surface area contributed by atoms with Crippen molar-refractivity contribution in [3.8, 4) is 0 Å². The average Bonchev–Trinajstić information content (AvgIpc) is 2.28. The number of benzene rings is 1. The van der Waals surface area contributed by atoms with E-state index in [0.717, 1.165) is 4.90 Å². The molecule has 0 aliphatic carbocycles. The molecule has 0 saturated carbocycles. The molecule has 1 aliphatic heterocycles. The molecule has 0 aromatic heterocycles. The van der Waals surface area contributed by atoms with Crippen LogP contribution in [0.15, 0.2) is 18.2 Å². The van der Waals surface area contributed by atoms with Crippen LogP contribution in [0.25, 0.3) is 0 Å². The van der Waals surface area contributed by atoms with Gasteiger partial charge in [-0.3, -0.25) is 9.59 Å². The van der Waals surface area contributed by atoms with Crippen molar-refractivity contribution in [2.24, 2.45) is 5.41 Å². The second-order valence-corrected chi connectivity index (χ2v) is 6.02. The van der Waals surface area contributed by atoms with E-state index in [9.17, 15) is 14.4 Å². The number of hydrogen-bond acceptors (Lipinski definition) is 3. The summed E-state index contributed by atoms with van der Waals surface area (Å²) in [7, 11) is 0. The number of carbonyl (C=O) groups excluding carboxylic acids is 2. The number of imide groups is 1. The third kappa shape index (κ3) is 2.67. The predicted molar refractivity (Wildman–Crippen MR) is 73.9 cm³/mol. The highest BCUT2D eigenvalue weighted by molar-refractivity contribution is 6.35. The summed E-state index contributed by atoms with van der Waals surface area (Å²) in [4.78, 5) is 36.1. The van der Waals surface area contributed by atoms with Crippen LogP contribution in [0.5, 0.6) is 0 Å². The maximum atomic E-state index is 12.1. The Morgan fingerprint density at radius 2 is 1.80 bits per heavy atom. The van der Waals surface area contributed by atoms with Gasteiger partial charge in [0.1, 0.15) is 0 Å². The Balaban J connectivity index is 2.39. The molecule has 1 fully saturated rings. The molecule has 1 aliphatic rings. The zero-order chi connectivity index (χ0) is 15.1. The van der Waals surface area contributed by atoms with Gasteiger partial charge in [0.05, 0.1) is 16.3 Å². The van der Waals surface area contributed by atoms with Gasteiger partial charge in [0.2, 0.25) is 11.8 Å². The lowest BCUT2D eigenvalue weighted by atomic mass is 9.81. The van der Waals surface area contributed by atoms with Crippen molar-refractivity contribution in [1.82, 2.24) is 0 Å². The second kappa shape index (κ2) is 4.90. The van der Waals surface area contributed by atoms with Crippen LogP contribution in [0.3, 0.4) is 0 Å². The summed E-state index contributed by atoms with van der Waals surface area (Å²) in [6, 6.07) is 3.95. The minimum atomic E-state index is -1.11. The van der Waals surface area contributed by atoms with Crippen molar-refractivity contribution in [1.29, 1.82) is 0 Å². The van der Waals surface area contributed by atoms with Crippen molar-refractivity contribution in [2.75, 3.05) is 4.90 Å². The van der Waals surface area contributed by atoms with Gasteiger partial charge in [0.15, 0.2) is 0 Å². The number of hydrogen-bond donors (Lipinski definition) is 1. The van der Waals surface area contributed by atoms with Crippen LogP contribution in [-0.2, 0) is 9.59 Å². The van der Waals surface area contributed by atoms with Gasteiger partial charge in [-0.2, -0.15) is 0 Å². The predicted octanol–water partition coefficient (Wildman–Crippen LogP) is 2.72. The lowest BCUT2D eigenvalue weighted by Crippen LogP contribution is -2.46. The van der Waals surface area contributed by atoms with Gasteiger partial charge in [-0.1, -0.05) is 25.4 Å². The molecular formula is C14H14ClNO4. The van der Waals surface area contributed by atoms with E-state index in [2.05, 4.69) is 0 Å². The van der Waals surface area contributed by atoms with Crippen molar-refractivity contribution in [2.45, 2.75) is 26.7 Å². The molecule has 0 spiro atoms. The van der Waals surface area contributed by atoms with Gasteiger partial charge in [-0.05, 0) is 23.6 Å². The molecule has 2 amide bonds. The zero-order valence-electron chi connectivity index (χ0n) is 11.1. The lowest BCUT2D eigenvalue weighted by Gasteiger charge is -2.35.